The zero-order chi connectivity index (χ0) is 12.4. The van der Waals surface area contributed by atoms with E-state index < -0.39 is 0 Å². The van der Waals surface area contributed by atoms with E-state index in [1.165, 1.54) is 0 Å². The number of ether oxygens (including phenoxy) is 1. The second-order valence-corrected chi connectivity index (χ2v) is 4.09. The third-order valence-corrected chi connectivity index (χ3v) is 2.82. The summed E-state index contributed by atoms with van der Waals surface area (Å²) in [5.41, 5.74) is 10.7. The minimum absolute atomic E-state index is 0.705. The second-order valence-electron chi connectivity index (χ2n) is 4.09. The Morgan fingerprint density at radius 3 is 2.65 bits per heavy atom. The van der Waals surface area contributed by atoms with Crippen molar-refractivity contribution in [3.63, 3.8) is 0 Å². The smallest absolute Gasteiger partial charge is 0.128 e. The minimum atomic E-state index is 0.705. The fraction of sp³-hybridized carbons (Fsp3) is 0.214. The molecular formula is C14H16N2O. The average Bonchev–Trinajstić information content (AvgIpc) is 2.33. The van der Waals surface area contributed by atoms with Crippen LogP contribution in [0.2, 0.25) is 0 Å². The molecule has 3 nitrogen and oxygen atoms in total. The number of nitrogens with two attached hydrogens (primary N) is 1. The van der Waals surface area contributed by atoms with Gasteiger partial charge in [0.05, 0.1) is 18.5 Å². The second kappa shape index (κ2) is 4.45. The molecule has 0 saturated carbocycles. The summed E-state index contributed by atoms with van der Waals surface area (Å²) in [5.74, 6) is 0.792. The number of benzene rings is 1. The van der Waals surface area contributed by atoms with E-state index in [-0.39, 0.29) is 0 Å². The Labute approximate surface area is 101 Å². The highest BCUT2D eigenvalue weighted by Gasteiger charge is 2.11. The standard InChI is InChI=1S/C14H16N2O/c1-9-4-5-12(17-3)11(8-9)14-13(15)10(2)6-7-16-14/h4-8H,15H2,1-3H3. The summed E-state index contributed by atoms with van der Waals surface area (Å²) in [6.07, 6.45) is 1.77. The van der Waals surface area contributed by atoms with Gasteiger partial charge in [-0.1, -0.05) is 11.6 Å². The molecule has 2 rings (SSSR count). The van der Waals surface area contributed by atoms with Crippen LogP contribution in [-0.4, -0.2) is 12.1 Å². The largest absolute Gasteiger partial charge is 0.496 e. The predicted molar refractivity (Wildman–Crippen MR) is 70.1 cm³/mol. The molecule has 0 unspecified atom stereocenters. The van der Waals surface area contributed by atoms with Gasteiger partial charge in [-0.05, 0) is 37.6 Å². The van der Waals surface area contributed by atoms with Gasteiger partial charge in [-0.3, -0.25) is 4.98 Å². The number of hydrogen-bond acceptors (Lipinski definition) is 3. The Morgan fingerprint density at radius 1 is 1.18 bits per heavy atom. The number of nitrogen functional groups attached to an aromatic ring is 1. The van der Waals surface area contributed by atoms with Crippen molar-refractivity contribution in [1.82, 2.24) is 4.98 Å². The highest BCUT2D eigenvalue weighted by molar-refractivity contribution is 5.79. The molecule has 0 aliphatic heterocycles. The van der Waals surface area contributed by atoms with Crippen molar-refractivity contribution in [3.8, 4) is 17.0 Å². The molecule has 0 fully saturated rings. The van der Waals surface area contributed by atoms with Gasteiger partial charge in [-0.15, -0.1) is 0 Å². The van der Waals surface area contributed by atoms with Crippen LogP contribution in [0.5, 0.6) is 5.75 Å². The molecule has 1 aromatic heterocycles. The lowest BCUT2D eigenvalue weighted by atomic mass is 10.0. The summed E-state index contributed by atoms with van der Waals surface area (Å²) >= 11 is 0. The fourth-order valence-corrected chi connectivity index (χ4v) is 1.79. The molecule has 2 aromatic rings. The molecule has 0 bridgehead atoms. The number of anilines is 1. The maximum atomic E-state index is 6.07. The van der Waals surface area contributed by atoms with E-state index in [2.05, 4.69) is 4.98 Å². The topological polar surface area (TPSA) is 48.1 Å². The van der Waals surface area contributed by atoms with Crippen molar-refractivity contribution in [2.45, 2.75) is 13.8 Å². The van der Waals surface area contributed by atoms with Gasteiger partial charge >= 0.3 is 0 Å². The van der Waals surface area contributed by atoms with Gasteiger partial charge in [0.2, 0.25) is 0 Å². The maximum Gasteiger partial charge on any atom is 0.128 e. The Kier molecular flexibility index (Phi) is 3.00. The van der Waals surface area contributed by atoms with E-state index in [0.29, 0.717) is 5.69 Å². The van der Waals surface area contributed by atoms with Crippen molar-refractivity contribution in [2.24, 2.45) is 0 Å². The van der Waals surface area contributed by atoms with Gasteiger partial charge in [-0.25, -0.2) is 0 Å². The summed E-state index contributed by atoms with van der Waals surface area (Å²) in [6.45, 7) is 4.01. The first-order valence-electron chi connectivity index (χ1n) is 5.49. The summed E-state index contributed by atoms with van der Waals surface area (Å²) < 4.78 is 5.35. The average molecular weight is 228 g/mol. The molecule has 1 heterocycles. The van der Waals surface area contributed by atoms with Gasteiger partial charge in [0, 0.05) is 11.8 Å². The molecule has 2 N–H and O–H groups in total. The molecule has 0 saturated heterocycles. The molecule has 0 radical (unpaired) electrons. The van der Waals surface area contributed by atoms with Crippen molar-refractivity contribution in [1.29, 1.82) is 0 Å². The first-order chi connectivity index (χ1) is 8.13. The predicted octanol–water partition coefficient (Wildman–Crippen LogP) is 2.96. The van der Waals surface area contributed by atoms with Crippen LogP contribution >= 0.6 is 0 Å². The first-order valence-corrected chi connectivity index (χ1v) is 5.49. The van der Waals surface area contributed by atoms with Crippen LogP contribution in [-0.2, 0) is 0 Å². The number of nitrogens with zero attached hydrogens (tertiary/aromatic N) is 1. The lowest BCUT2D eigenvalue weighted by Gasteiger charge is -2.12. The van der Waals surface area contributed by atoms with Crippen LogP contribution in [0.15, 0.2) is 30.5 Å². The number of aryl methyl sites for hydroxylation is 2. The monoisotopic (exact) mass is 228 g/mol. The lowest BCUT2D eigenvalue weighted by molar-refractivity contribution is 0.416. The summed E-state index contributed by atoms with van der Waals surface area (Å²) in [7, 11) is 1.65. The Morgan fingerprint density at radius 2 is 1.94 bits per heavy atom. The van der Waals surface area contributed by atoms with Gasteiger partial charge in [-0.2, -0.15) is 0 Å². The van der Waals surface area contributed by atoms with E-state index in [4.69, 9.17) is 10.5 Å². The van der Waals surface area contributed by atoms with Crippen molar-refractivity contribution >= 4 is 5.69 Å². The first kappa shape index (κ1) is 11.5. The third kappa shape index (κ3) is 2.09. The van der Waals surface area contributed by atoms with Crippen LogP contribution in [0.3, 0.4) is 0 Å². The minimum Gasteiger partial charge on any atom is -0.496 e. The van der Waals surface area contributed by atoms with Crippen LogP contribution in [0.1, 0.15) is 11.1 Å². The van der Waals surface area contributed by atoms with Gasteiger partial charge in [0.15, 0.2) is 0 Å². The van der Waals surface area contributed by atoms with Crippen LogP contribution in [0, 0.1) is 13.8 Å². The van der Waals surface area contributed by atoms with E-state index in [1.54, 1.807) is 13.3 Å². The summed E-state index contributed by atoms with van der Waals surface area (Å²) in [4.78, 5) is 4.35. The normalized spacial score (nSPS) is 10.3. The van der Waals surface area contributed by atoms with Crippen LogP contribution < -0.4 is 10.5 Å². The summed E-state index contributed by atoms with van der Waals surface area (Å²) in [5, 5.41) is 0. The Bertz CT molecular complexity index is 550. The lowest BCUT2D eigenvalue weighted by Crippen LogP contribution is -1.98. The zero-order valence-electron chi connectivity index (χ0n) is 10.3. The molecule has 0 atom stereocenters. The zero-order valence-corrected chi connectivity index (χ0v) is 10.3. The molecule has 88 valence electrons. The number of hydrogen-bond donors (Lipinski definition) is 1. The van der Waals surface area contributed by atoms with Crippen LogP contribution in [0.25, 0.3) is 11.3 Å². The van der Waals surface area contributed by atoms with E-state index in [1.807, 2.05) is 38.1 Å². The molecule has 0 spiro atoms. The Balaban J connectivity index is 2.67. The number of pyridine rings is 1. The number of aromatic nitrogens is 1. The highest BCUT2D eigenvalue weighted by atomic mass is 16.5. The van der Waals surface area contributed by atoms with Crippen molar-refractivity contribution < 1.29 is 4.74 Å². The Hall–Kier alpha value is -2.03. The molecule has 3 heteroatoms. The van der Waals surface area contributed by atoms with Gasteiger partial charge < -0.3 is 10.5 Å². The van der Waals surface area contributed by atoms with Gasteiger partial charge in [0.1, 0.15) is 5.75 Å². The van der Waals surface area contributed by atoms with E-state index in [9.17, 15) is 0 Å². The SMILES string of the molecule is COc1ccc(C)cc1-c1nccc(C)c1N. The van der Waals surface area contributed by atoms with E-state index in [0.717, 1.165) is 28.1 Å². The molecule has 0 amide bonds. The molecule has 17 heavy (non-hydrogen) atoms. The molecular weight excluding hydrogens is 212 g/mol. The third-order valence-electron chi connectivity index (χ3n) is 2.82. The van der Waals surface area contributed by atoms with Crippen molar-refractivity contribution in [3.05, 3.63) is 41.6 Å². The molecule has 0 aliphatic rings. The van der Waals surface area contributed by atoms with Crippen LogP contribution in [0.4, 0.5) is 5.69 Å². The fourth-order valence-electron chi connectivity index (χ4n) is 1.79. The van der Waals surface area contributed by atoms with Crippen molar-refractivity contribution in [2.75, 3.05) is 12.8 Å². The molecule has 0 aliphatic carbocycles. The quantitative estimate of drug-likeness (QED) is 0.859. The summed E-state index contributed by atoms with van der Waals surface area (Å²) in [6, 6.07) is 7.89. The number of methoxy groups -OCH3 is 1. The van der Waals surface area contributed by atoms with Gasteiger partial charge in [0.25, 0.3) is 0 Å². The molecule has 1 aromatic carbocycles. The maximum absolute atomic E-state index is 6.07. The number of rotatable bonds is 2. The highest BCUT2D eigenvalue weighted by Crippen LogP contribution is 2.33. The van der Waals surface area contributed by atoms with E-state index >= 15 is 0 Å².